The molecule has 0 bridgehead atoms. The molecule has 0 aliphatic rings. The lowest BCUT2D eigenvalue weighted by atomic mass is 10.4. The van der Waals surface area contributed by atoms with Crippen molar-refractivity contribution >= 4 is 11.9 Å². The van der Waals surface area contributed by atoms with Crippen molar-refractivity contribution in [3.8, 4) is 0 Å². The van der Waals surface area contributed by atoms with E-state index in [-0.39, 0.29) is 25.5 Å². The first-order valence-electron chi connectivity index (χ1n) is 3.87. The van der Waals surface area contributed by atoms with Gasteiger partial charge in [0, 0.05) is 6.54 Å². The van der Waals surface area contributed by atoms with Crippen LogP contribution in [0.15, 0.2) is 12.7 Å². The number of likely N-dealkylation sites (N-methyl/N-ethyl adjacent to an activating group) is 1. The van der Waals surface area contributed by atoms with Gasteiger partial charge in [-0.3, -0.25) is 9.59 Å². The molecule has 0 rings (SSSR count). The summed E-state index contributed by atoms with van der Waals surface area (Å²) in [6, 6.07) is 0. The van der Waals surface area contributed by atoms with Crippen molar-refractivity contribution in [1.29, 1.82) is 0 Å². The van der Waals surface area contributed by atoms with Crippen LogP contribution in [-0.2, 0) is 9.59 Å². The molecule has 74 valence electrons. The Labute approximate surface area is 77.0 Å². The van der Waals surface area contributed by atoms with E-state index < -0.39 is 5.97 Å². The number of hydrogen-bond donors (Lipinski definition) is 2. The average Bonchev–Trinajstić information content (AvgIpc) is 2.03. The van der Waals surface area contributed by atoms with E-state index in [1.807, 2.05) is 0 Å². The molecule has 0 fully saturated rings. The monoisotopic (exact) mass is 186 g/mol. The summed E-state index contributed by atoms with van der Waals surface area (Å²) in [5.74, 6) is -1.27. The van der Waals surface area contributed by atoms with E-state index in [0.29, 0.717) is 0 Å². The highest BCUT2D eigenvalue weighted by molar-refractivity contribution is 5.82. The van der Waals surface area contributed by atoms with Crippen LogP contribution in [0.2, 0.25) is 0 Å². The number of nitrogens with one attached hydrogen (secondary N) is 1. The van der Waals surface area contributed by atoms with E-state index >= 15 is 0 Å². The normalized spacial score (nSPS) is 9.31. The highest BCUT2D eigenvalue weighted by Crippen LogP contribution is 1.89. The maximum atomic E-state index is 11.2. The van der Waals surface area contributed by atoms with Gasteiger partial charge in [0.1, 0.15) is 6.54 Å². The summed E-state index contributed by atoms with van der Waals surface area (Å²) >= 11 is 0. The van der Waals surface area contributed by atoms with Crippen LogP contribution < -0.4 is 5.32 Å². The Kier molecular flexibility index (Phi) is 5.54. The number of rotatable bonds is 6. The van der Waals surface area contributed by atoms with Crippen LogP contribution >= 0.6 is 0 Å². The number of aliphatic carboxylic acids is 1. The van der Waals surface area contributed by atoms with Gasteiger partial charge in [-0.15, -0.1) is 6.58 Å². The molecule has 2 N–H and O–H groups in total. The summed E-state index contributed by atoms with van der Waals surface area (Å²) in [7, 11) is 1.63. The second-order valence-corrected chi connectivity index (χ2v) is 2.49. The van der Waals surface area contributed by atoms with E-state index in [0.717, 1.165) is 0 Å². The van der Waals surface area contributed by atoms with Gasteiger partial charge in [0.2, 0.25) is 5.91 Å². The van der Waals surface area contributed by atoms with Gasteiger partial charge in [0.15, 0.2) is 0 Å². The maximum Gasteiger partial charge on any atom is 0.323 e. The maximum absolute atomic E-state index is 11.2. The third-order valence-corrected chi connectivity index (χ3v) is 1.36. The summed E-state index contributed by atoms with van der Waals surface area (Å²) < 4.78 is 0. The molecular formula is C8H14N2O3. The Morgan fingerprint density at radius 2 is 2.23 bits per heavy atom. The average molecular weight is 186 g/mol. The predicted octanol–water partition coefficient (Wildman–Crippen LogP) is -0.695. The molecule has 5 heteroatoms. The lowest BCUT2D eigenvalue weighted by Gasteiger charge is -2.18. The molecule has 13 heavy (non-hydrogen) atoms. The van der Waals surface area contributed by atoms with Gasteiger partial charge in [-0.05, 0) is 7.05 Å². The first kappa shape index (κ1) is 11.6. The number of carbonyl (C=O) groups is 2. The SMILES string of the molecule is C=CCN(CC(=O)O)C(=O)CNC. The van der Waals surface area contributed by atoms with E-state index in [1.54, 1.807) is 7.05 Å². The van der Waals surface area contributed by atoms with Crippen LogP contribution in [0, 0.1) is 0 Å². The van der Waals surface area contributed by atoms with Crippen molar-refractivity contribution < 1.29 is 14.7 Å². The Bertz CT molecular complexity index is 204. The number of carboxylic acids is 1. The fraction of sp³-hybridized carbons (Fsp3) is 0.500. The molecular weight excluding hydrogens is 172 g/mol. The quantitative estimate of drug-likeness (QED) is 0.538. The van der Waals surface area contributed by atoms with Crippen LogP contribution in [0.25, 0.3) is 0 Å². The van der Waals surface area contributed by atoms with Crippen LogP contribution in [0.5, 0.6) is 0 Å². The molecule has 0 aliphatic heterocycles. The van der Waals surface area contributed by atoms with Crippen LogP contribution in [-0.4, -0.2) is 48.6 Å². The summed E-state index contributed by atoms with van der Waals surface area (Å²) in [5.41, 5.74) is 0. The lowest BCUT2D eigenvalue weighted by molar-refractivity contribution is -0.143. The van der Waals surface area contributed by atoms with Crippen molar-refractivity contribution in [2.24, 2.45) is 0 Å². The minimum atomic E-state index is -1.02. The molecule has 0 aromatic rings. The Morgan fingerprint density at radius 3 is 2.62 bits per heavy atom. The van der Waals surface area contributed by atoms with E-state index in [9.17, 15) is 9.59 Å². The predicted molar refractivity (Wildman–Crippen MR) is 48.3 cm³/mol. The molecule has 0 atom stereocenters. The highest BCUT2D eigenvalue weighted by Gasteiger charge is 2.13. The van der Waals surface area contributed by atoms with Crippen LogP contribution in [0.3, 0.4) is 0 Å². The molecule has 0 aromatic heterocycles. The number of carboxylic acid groups (broad SMARTS) is 1. The van der Waals surface area contributed by atoms with Gasteiger partial charge in [-0.2, -0.15) is 0 Å². The Morgan fingerprint density at radius 1 is 1.62 bits per heavy atom. The molecule has 0 heterocycles. The van der Waals surface area contributed by atoms with Crippen molar-refractivity contribution in [3.05, 3.63) is 12.7 Å². The topological polar surface area (TPSA) is 69.6 Å². The van der Waals surface area contributed by atoms with Crippen molar-refractivity contribution in [2.45, 2.75) is 0 Å². The van der Waals surface area contributed by atoms with Gasteiger partial charge < -0.3 is 15.3 Å². The van der Waals surface area contributed by atoms with Gasteiger partial charge in [-0.1, -0.05) is 6.08 Å². The minimum Gasteiger partial charge on any atom is -0.480 e. The summed E-state index contributed by atoms with van der Waals surface area (Å²) in [6.07, 6.45) is 1.50. The fourth-order valence-electron chi connectivity index (χ4n) is 0.837. The standard InChI is InChI=1S/C8H14N2O3/c1-3-4-10(6-8(12)13)7(11)5-9-2/h3,9H,1,4-6H2,2H3,(H,12,13). The fourth-order valence-corrected chi connectivity index (χ4v) is 0.837. The summed E-state index contributed by atoms with van der Waals surface area (Å²) in [5, 5.41) is 11.1. The van der Waals surface area contributed by atoms with Gasteiger partial charge in [0.05, 0.1) is 6.54 Å². The van der Waals surface area contributed by atoms with Crippen LogP contribution in [0.4, 0.5) is 0 Å². The lowest BCUT2D eigenvalue weighted by Crippen LogP contribution is -2.40. The van der Waals surface area contributed by atoms with Crippen molar-refractivity contribution in [1.82, 2.24) is 10.2 Å². The Balaban J connectivity index is 4.13. The number of hydrogen-bond acceptors (Lipinski definition) is 3. The zero-order chi connectivity index (χ0) is 10.3. The van der Waals surface area contributed by atoms with Gasteiger partial charge in [0.25, 0.3) is 0 Å². The first-order chi connectivity index (χ1) is 6.11. The number of amides is 1. The van der Waals surface area contributed by atoms with Crippen molar-refractivity contribution in [2.75, 3.05) is 26.7 Å². The molecule has 0 unspecified atom stereocenters. The second kappa shape index (κ2) is 6.19. The molecule has 0 saturated carbocycles. The largest absolute Gasteiger partial charge is 0.480 e. The molecule has 0 saturated heterocycles. The Hall–Kier alpha value is -1.36. The van der Waals surface area contributed by atoms with Crippen LogP contribution in [0.1, 0.15) is 0 Å². The van der Waals surface area contributed by atoms with E-state index in [2.05, 4.69) is 11.9 Å². The number of nitrogens with zero attached hydrogens (tertiary/aromatic N) is 1. The van der Waals surface area contributed by atoms with E-state index in [1.165, 1.54) is 11.0 Å². The van der Waals surface area contributed by atoms with E-state index in [4.69, 9.17) is 5.11 Å². The zero-order valence-electron chi connectivity index (χ0n) is 7.62. The van der Waals surface area contributed by atoms with Gasteiger partial charge >= 0.3 is 5.97 Å². The molecule has 1 amide bonds. The third-order valence-electron chi connectivity index (χ3n) is 1.36. The highest BCUT2D eigenvalue weighted by atomic mass is 16.4. The summed E-state index contributed by atoms with van der Waals surface area (Å²) in [6.45, 7) is 3.55. The molecule has 5 nitrogen and oxygen atoms in total. The molecule has 0 spiro atoms. The zero-order valence-corrected chi connectivity index (χ0v) is 7.62. The third kappa shape index (κ3) is 4.97. The molecule has 0 aliphatic carbocycles. The minimum absolute atomic E-state index is 0.140. The van der Waals surface area contributed by atoms with Crippen molar-refractivity contribution in [3.63, 3.8) is 0 Å². The summed E-state index contributed by atoms with van der Waals surface area (Å²) in [4.78, 5) is 22.8. The molecule has 0 aromatic carbocycles. The number of carbonyl (C=O) groups excluding carboxylic acids is 1. The van der Waals surface area contributed by atoms with Gasteiger partial charge in [-0.25, -0.2) is 0 Å². The molecule has 0 radical (unpaired) electrons. The smallest absolute Gasteiger partial charge is 0.323 e. The first-order valence-corrected chi connectivity index (χ1v) is 3.87. The second-order valence-electron chi connectivity index (χ2n) is 2.49.